The van der Waals surface area contributed by atoms with Gasteiger partial charge in [0.2, 0.25) is 5.91 Å². The second-order valence-corrected chi connectivity index (χ2v) is 4.39. The van der Waals surface area contributed by atoms with Crippen molar-refractivity contribution in [2.24, 2.45) is 0 Å². The van der Waals surface area contributed by atoms with E-state index in [0.29, 0.717) is 19.8 Å². The summed E-state index contributed by atoms with van der Waals surface area (Å²) in [7, 11) is 0. The number of carbonyl (C=O) groups excluding carboxylic acids is 1. The fraction of sp³-hybridized carbons (Fsp3) is 0.357. The Bertz CT molecular complexity index is 415. The van der Waals surface area contributed by atoms with Gasteiger partial charge in [-0.2, -0.15) is 0 Å². The van der Waals surface area contributed by atoms with Crippen LogP contribution in [-0.4, -0.2) is 30.6 Å². The summed E-state index contributed by atoms with van der Waals surface area (Å²) in [6.45, 7) is 7.31. The molecular weight excluding hydrogens is 214 g/mol. The number of rotatable bonds is 2. The zero-order valence-electron chi connectivity index (χ0n) is 10.1. The Hall–Kier alpha value is -1.61. The molecule has 1 atom stereocenters. The lowest BCUT2D eigenvalue weighted by atomic mass is 9.89. The first kappa shape index (κ1) is 11.9. The van der Waals surface area contributed by atoms with E-state index in [1.54, 1.807) is 0 Å². The van der Waals surface area contributed by atoms with Gasteiger partial charge in [-0.25, -0.2) is 0 Å². The lowest BCUT2D eigenvalue weighted by molar-refractivity contribution is -0.143. The number of morpholine rings is 1. The zero-order chi connectivity index (χ0) is 12.3. The maximum absolute atomic E-state index is 11.9. The van der Waals surface area contributed by atoms with E-state index in [1.807, 2.05) is 42.2 Å². The van der Waals surface area contributed by atoms with Crippen LogP contribution in [0.5, 0.6) is 0 Å². The van der Waals surface area contributed by atoms with E-state index >= 15 is 0 Å². The smallest absolute Gasteiger partial charge is 0.246 e. The van der Waals surface area contributed by atoms with E-state index in [0.717, 1.165) is 5.56 Å². The van der Waals surface area contributed by atoms with Crippen LogP contribution in [0, 0.1) is 0 Å². The predicted molar refractivity (Wildman–Crippen MR) is 66.5 cm³/mol. The molecule has 0 aromatic heterocycles. The Morgan fingerprint density at radius 3 is 2.82 bits per heavy atom. The molecule has 0 N–H and O–H groups in total. The summed E-state index contributed by atoms with van der Waals surface area (Å²) in [6, 6.07) is 9.98. The van der Waals surface area contributed by atoms with Gasteiger partial charge in [0.1, 0.15) is 0 Å². The molecule has 0 bridgehead atoms. The average Bonchev–Trinajstić information content (AvgIpc) is 2.39. The van der Waals surface area contributed by atoms with Crippen molar-refractivity contribution in [2.45, 2.75) is 12.5 Å². The summed E-state index contributed by atoms with van der Waals surface area (Å²) in [5.74, 6) is -0.0420. The molecule has 1 amide bonds. The first-order valence-corrected chi connectivity index (χ1v) is 5.76. The molecular formula is C14H17NO2. The van der Waals surface area contributed by atoms with Crippen molar-refractivity contribution in [1.82, 2.24) is 4.90 Å². The molecule has 1 saturated heterocycles. The molecule has 90 valence electrons. The summed E-state index contributed by atoms with van der Waals surface area (Å²) in [5.41, 5.74) is 0.694. The van der Waals surface area contributed by atoms with Gasteiger partial charge in [-0.15, -0.1) is 0 Å². The molecule has 2 rings (SSSR count). The number of hydrogen-bond acceptors (Lipinski definition) is 2. The molecule has 0 spiro atoms. The fourth-order valence-corrected chi connectivity index (χ4v) is 2.25. The van der Waals surface area contributed by atoms with Crippen molar-refractivity contribution in [3.8, 4) is 0 Å². The van der Waals surface area contributed by atoms with Crippen molar-refractivity contribution in [3.05, 3.63) is 48.6 Å². The van der Waals surface area contributed by atoms with Crippen molar-refractivity contribution in [3.63, 3.8) is 0 Å². The molecule has 3 heteroatoms. The summed E-state index contributed by atoms with van der Waals surface area (Å²) >= 11 is 0. The van der Waals surface area contributed by atoms with Crippen LogP contribution in [0.2, 0.25) is 0 Å². The van der Waals surface area contributed by atoms with Gasteiger partial charge in [0.15, 0.2) is 0 Å². The SMILES string of the molecule is C=CC(=O)N1CCOCC1(C)c1ccccc1. The standard InChI is InChI=1S/C14H17NO2/c1-3-13(16)15-9-10-17-11-14(15,2)12-7-5-4-6-8-12/h3-8H,1,9-11H2,2H3. The second-order valence-electron chi connectivity index (χ2n) is 4.39. The van der Waals surface area contributed by atoms with Gasteiger partial charge < -0.3 is 9.64 Å². The largest absolute Gasteiger partial charge is 0.377 e. The van der Waals surface area contributed by atoms with Gasteiger partial charge in [0.05, 0.1) is 18.8 Å². The van der Waals surface area contributed by atoms with Crippen molar-refractivity contribution in [1.29, 1.82) is 0 Å². The lowest BCUT2D eigenvalue weighted by Crippen LogP contribution is -2.54. The van der Waals surface area contributed by atoms with Crippen LogP contribution in [0.25, 0.3) is 0 Å². The number of amides is 1. The van der Waals surface area contributed by atoms with E-state index < -0.39 is 5.54 Å². The number of ether oxygens (including phenoxy) is 1. The van der Waals surface area contributed by atoms with Crippen molar-refractivity contribution in [2.75, 3.05) is 19.8 Å². The third-order valence-electron chi connectivity index (χ3n) is 3.27. The Balaban J connectivity index is 2.38. The van der Waals surface area contributed by atoms with Crippen LogP contribution in [0.15, 0.2) is 43.0 Å². The Kier molecular flexibility index (Phi) is 3.29. The Morgan fingerprint density at radius 1 is 1.47 bits per heavy atom. The maximum atomic E-state index is 11.9. The van der Waals surface area contributed by atoms with E-state index in [9.17, 15) is 4.79 Å². The topological polar surface area (TPSA) is 29.5 Å². The number of benzene rings is 1. The Labute approximate surface area is 102 Å². The highest BCUT2D eigenvalue weighted by Gasteiger charge is 2.38. The van der Waals surface area contributed by atoms with Crippen LogP contribution in [-0.2, 0) is 15.1 Å². The Morgan fingerprint density at radius 2 is 2.18 bits per heavy atom. The normalized spacial score (nSPS) is 24.4. The molecule has 0 saturated carbocycles. The van der Waals surface area contributed by atoms with Gasteiger partial charge in [-0.1, -0.05) is 36.9 Å². The van der Waals surface area contributed by atoms with E-state index in [4.69, 9.17) is 4.74 Å². The van der Waals surface area contributed by atoms with Crippen LogP contribution < -0.4 is 0 Å². The molecule has 1 unspecified atom stereocenters. The predicted octanol–water partition coefficient (Wildman–Crippen LogP) is 1.95. The minimum atomic E-state index is -0.398. The molecule has 0 aliphatic carbocycles. The third-order valence-corrected chi connectivity index (χ3v) is 3.27. The summed E-state index contributed by atoms with van der Waals surface area (Å²) < 4.78 is 5.54. The van der Waals surface area contributed by atoms with Crippen LogP contribution >= 0.6 is 0 Å². The van der Waals surface area contributed by atoms with Crippen LogP contribution in [0.4, 0.5) is 0 Å². The average molecular weight is 231 g/mol. The maximum Gasteiger partial charge on any atom is 0.246 e. The number of nitrogens with zero attached hydrogens (tertiary/aromatic N) is 1. The zero-order valence-corrected chi connectivity index (χ0v) is 10.1. The second kappa shape index (κ2) is 4.72. The van der Waals surface area contributed by atoms with Gasteiger partial charge in [0, 0.05) is 6.54 Å². The number of carbonyl (C=O) groups is 1. The quantitative estimate of drug-likeness (QED) is 0.728. The molecule has 1 aromatic carbocycles. The summed E-state index contributed by atoms with van der Waals surface area (Å²) in [6.07, 6.45) is 1.37. The van der Waals surface area contributed by atoms with Gasteiger partial charge in [-0.05, 0) is 18.6 Å². The van der Waals surface area contributed by atoms with Crippen molar-refractivity contribution >= 4 is 5.91 Å². The first-order chi connectivity index (χ1) is 8.18. The van der Waals surface area contributed by atoms with Gasteiger partial charge in [-0.3, -0.25) is 4.79 Å². The summed E-state index contributed by atoms with van der Waals surface area (Å²) in [4.78, 5) is 13.7. The van der Waals surface area contributed by atoms with Gasteiger partial charge in [0.25, 0.3) is 0 Å². The van der Waals surface area contributed by atoms with E-state index in [2.05, 4.69) is 6.58 Å². The minimum absolute atomic E-state index is 0.0420. The number of hydrogen-bond donors (Lipinski definition) is 0. The molecule has 1 aromatic rings. The summed E-state index contributed by atoms with van der Waals surface area (Å²) in [5, 5.41) is 0. The molecule has 1 aliphatic rings. The molecule has 1 fully saturated rings. The molecule has 17 heavy (non-hydrogen) atoms. The van der Waals surface area contributed by atoms with Crippen LogP contribution in [0.3, 0.4) is 0 Å². The lowest BCUT2D eigenvalue weighted by Gasteiger charge is -2.44. The third kappa shape index (κ3) is 2.11. The molecule has 1 heterocycles. The first-order valence-electron chi connectivity index (χ1n) is 5.76. The van der Waals surface area contributed by atoms with Crippen LogP contribution in [0.1, 0.15) is 12.5 Å². The molecule has 1 aliphatic heterocycles. The molecule has 3 nitrogen and oxygen atoms in total. The fourth-order valence-electron chi connectivity index (χ4n) is 2.25. The monoisotopic (exact) mass is 231 g/mol. The highest BCUT2D eigenvalue weighted by Crippen LogP contribution is 2.31. The molecule has 0 radical (unpaired) electrons. The highest BCUT2D eigenvalue weighted by molar-refractivity contribution is 5.87. The van der Waals surface area contributed by atoms with E-state index in [-0.39, 0.29) is 5.91 Å². The van der Waals surface area contributed by atoms with E-state index in [1.165, 1.54) is 6.08 Å². The van der Waals surface area contributed by atoms with Crippen molar-refractivity contribution < 1.29 is 9.53 Å². The van der Waals surface area contributed by atoms with Gasteiger partial charge >= 0.3 is 0 Å². The highest BCUT2D eigenvalue weighted by atomic mass is 16.5. The minimum Gasteiger partial charge on any atom is -0.377 e.